The minimum Gasteiger partial charge on any atom is -0.481 e. The fraction of sp³-hybridized carbons (Fsp3) is 0.750. The van der Waals surface area contributed by atoms with Crippen molar-refractivity contribution < 1.29 is 15.0 Å². The van der Waals surface area contributed by atoms with Gasteiger partial charge in [-0.2, -0.15) is 0 Å². The number of aliphatic hydroxyl groups excluding tert-OH is 1. The maximum Gasteiger partial charge on any atom is 0.305 e. The van der Waals surface area contributed by atoms with Gasteiger partial charge in [0.25, 0.3) is 0 Å². The van der Waals surface area contributed by atoms with Gasteiger partial charge in [0, 0.05) is 6.04 Å². The molecule has 56 valence electrons. The molecule has 0 aromatic heterocycles. The first-order chi connectivity index (χ1) is 3.66. The predicted molar refractivity (Wildman–Crippen MR) is 34.6 cm³/mol. The molecule has 0 spiro atoms. The lowest BCUT2D eigenvalue weighted by Gasteiger charge is -2.00. The van der Waals surface area contributed by atoms with Crippen molar-refractivity contribution in [3.8, 4) is 0 Å². The van der Waals surface area contributed by atoms with Crippen LogP contribution in [-0.4, -0.2) is 28.8 Å². The molecule has 0 aliphatic carbocycles. The van der Waals surface area contributed by atoms with Crippen LogP contribution in [0.2, 0.25) is 0 Å². The van der Waals surface area contributed by atoms with Gasteiger partial charge in [0.05, 0.1) is 13.0 Å². The van der Waals surface area contributed by atoms with E-state index in [1.165, 1.54) is 0 Å². The molecule has 0 aliphatic rings. The summed E-state index contributed by atoms with van der Waals surface area (Å²) < 4.78 is 0. The van der Waals surface area contributed by atoms with Crippen molar-refractivity contribution >= 4 is 18.4 Å². The molecule has 0 aromatic carbocycles. The summed E-state index contributed by atoms with van der Waals surface area (Å²) in [5.74, 6) is -0.980. The maximum absolute atomic E-state index is 9.78. The summed E-state index contributed by atoms with van der Waals surface area (Å²) in [4.78, 5) is 9.78. The highest BCUT2D eigenvalue weighted by Gasteiger charge is 2.04. The van der Waals surface area contributed by atoms with Crippen molar-refractivity contribution in [2.75, 3.05) is 6.61 Å². The zero-order valence-corrected chi connectivity index (χ0v) is 5.60. The number of halogens is 1. The van der Waals surface area contributed by atoms with Gasteiger partial charge in [-0.25, -0.2) is 0 Å². The number of hydrogen-bond acceptors (Lipinski definition) is 3. The van der Waals surface area contributed by atoms with Crippen molar-refractivity contribution in [1.29, 1.82) is 0 Å². The third-order valence-corrected chi connectivity index (χ3v) is 0.671. The first-order valence-corrected chi connectivity index (χ1v) is 2.25. The first-order valence-electron chi connectivity index (χ1n) is 2.25. The summed E-state index contributed by atoms with van der Waals surface area (Å²) in [6.07, 6.45) is -0.170. The van der Waals surface area contributed by atoms with Crippen molar-refractivity contribution in [3.05, 3.63) is 0 Å². The normalized spacial score (nSPS) is 11.8. The molecule has 0 radical (unpaired) electrons. The molecule has 0 saturated heterocycles. The highest BCUT2D eigenvalue weighted by molar-refractivity contribution is 5.85. The lowest BCUT2D eigenvalue weighted by molar-refractivity contribution is -0.137. The van der Waals surface area contributed by atoms with Gasteiger partial charge in [-0.1, -0.05) is 0 Å². The van der Waals surface area contributed by atoms with Gasteiger partial charge in [0.15, 0.2) is 0 Å². The summed E-state index contributed by atoms with van der Waals surface area (Å²) in [6.45, 7) is -0.272. The Hall–Kier alpha value is -0.320. The molecule has 0 amide bonds. The number of carboxylic acid groups (broad SMARTS) is 1. The minimum absolute atomic E-state index is 0. The lowest BCUT2D eigenvalue weighted by atomic mass is 10.2. The topological polar surface area (TPSA) is 83.5 Å². The van der Waals surface area contributed by atoms with Crippen LogP contribution < -0.4 is 5.73 Å². The fourth-order valence-corrected chi connectivity index (χ4v) is 0.289. The molecule has 0 bridgehead atoms. The van der Waals surface area contributed by atoms with Crippen molar-refractivity contribution in [3.63, 3.8) is 0 Å². The zero-order chi connectivity index (χ0) is 6.57. The van der Waals surface area contributed by atoms with E-state index < -0.39 is 12.0 Å². The van der Waals surface area contributed by atoms with E-state index in [-0.39, 0.29) is 25.4 Å². The third kappa shape index (κ3) is 7.68. The molecule has 4 N–H and O–H groups in total. The molecule has 1 unspecified atom stereocenters. The molecular formula is C4H10ClNO3. The Kier molecular flexibility index (Phi) is 7.41. The van der Waals surface area contributed by atoms with Gasteiger partial charge >= 0.3 is 5.97 Å². The van der Waals surface area contributed by atoms with Crippen LogP contribution in [0.5, 0.6) is 0 Å². The number of aliphatic hydroxyl groups is 1. The van der Waals surface area contributed by atoms with Crippen LogP contribution in [0.25, 0.3) is 0 Å². The van der Waals surface area contributed by atoms with E-state index in [0.29, 0.717) is 0 Å². The van der Waals surface area contributed by atoms with Crippen molar-refractivity contribution in [2.45, 2.75) is 12.5 Å². The van der Waals surface area contributed by atoms with E-state index in [2.05, 4.69) is 0 Å². The van der Waals surface area contributed by atoms with Crippen LogP contribution in [0, 0.1) is 0 Å². The van der Waals surface area contributed by atoms with Gasteiger partial charge in [0.2, 0.25) is 0 Å². The average molecular weight is 156 g/mol. The van der Waals surface area contributed by atoms with Crippen LogP contribution in [-0.2, 0) is 4.79 Å². The Balaban J connectivity index is 0. The summed E-state index contributed by atoms with van der Waals surface area (Å²) in [6, 6.07) is -0.618. The zero-order valence-electron chi connectivity index (χ0n) is 4.78. The lowest BCUT2D eigenvalue weighted by Crippen LogP contribution is -2.27. The molecule has 0 aromatic rings. The summed E-state index contributed by atoms with van der Waals surface area (Å²) in [5.41, 5.74) is 5.04. The summed E-state index contributed by atoms with van der Waals surface area (Å²) in [5, 5.41) is 16.2. The number of hydrogen-bond donors (Lipinski definition) is 3. The molecule has 0 fully saturated rings. The number of aliphatic carboxylic acids is 1. The standard InChI is InChI=1S/C4H9NO3.ClH/c5-3(2-6)1-4(7)8;/h3,6H,1-2,5H2,(H,7,8);1H. The van der Waals surface area contributed by atoms with E-state index in [0.717, 1.165) is 0 Å². The second-order valence-electron chi connectivity index (χ2n) is 1.54. The van der Waals surface area contributed by atoms with Crippen LogP contribution in [0.4, 0.5) is 0 Å². The molecular weight excluding hydrogens is 146 g/mol. The Morgan fingerprint density at radius 3 is 2.22 bits per heavy atom. The molecule has 0 aliphatic heterocycles. The number of carbonyl (C=O) groups is 1. The van der Waals surface area contributed by atoms with Crippen LogP contribution >= 0.6 is 12.4 Å². The van der Waals surface area contributed by atoms with Gasteiger partial charge < -0.3 is 15.9 Å². The van der Waals surface area contributed by atoms with E-state index in [1.807, 2.05) is 0 Å². The Labute approximate surface area is 59.1 Å². The van der Waals surface area contributed by atoms with E-state index in [4.69, 9.17) is 15.9 Å². The number of rotatable bonds is 3. The molecule has 5 heteroatoms. The first kappa shape index (κ1) is 11.5. The van der Waals surface area contributed by atoms with Gasteiger partial charge in [0.1, 0.15) is 0 Å². The second kappa shape index (κ2) is 5.81. The smallest absolute Gasteiger partial charge is 0.305 e. The molecule has 9 heavy (non-hydrogen) atoms. The van der Waals surface area contributed by atoms with Crippen LogP contribution in [0.3, 0.4) is 0 Å². The second-order valence-corrected chi connectivity index (χ2v) is 1.54. The molecule has 0 rings (SSSR count). The highest BCUT2D eigenvalue weighted by Crippen LogP contribution is 1.83. The van der Waals surface area contributed by atoms with Crippen LogP contribution in [0.1, 0.15) is 6.42 Å². The molecule has 0 saturated carbocycles. The SMILES string of the molecule is Cl.NC(CO)CC(=O)O. The fourth-order valence-electron chi connectivity index (χ4n) is 0.289. The maximum atomic E-state index is 9.78. The van der Waals surface area contributed by atoms with E-state index >= 15 is 0 Å². The number of carboxylic acids is 1. The summed E-state index contributed by atoms with van der Waals surface area (Å²) in [7, 11) is 0. The number of nitrogens with two attached hydrogens (primary N) is 1. The Morgan fingerprint density at radius 2 is 2.11 bits per heavy atom. The minimum atomic E-state index is -0.980. The Morgan fingerprint density at radius 1 is 1.67 bits per heavy atom. The highest BCUT2D eigenvalue weighted by atomic mass is 35.5. The van der Waals surface area contributed by atoms with Crippen molar-refractivity contribution in [1.82, 2.24) is 0 Å². The largest absolute Gasteiger partial charge is 0.481 e. The third-order valence-electron chi connectivity index (χ3n) is 0.671. The predicted octanol–water partition coefficient (Wildman–Crippen LogP) is -0.798. The molecule has 0 heterocycles. The molecule has 1 atom stereocenters. The average Bonchev–Trinajstić information content (AvgIpc) is 1.65. The van der Waals surface area contributed by atoms with E-state index in [9.17, 15) is 4.79 Å². The molecule has 4 nitrogen and oxygen atoms in total. The van der Waals surface area contributed by atoms with Crippen LogP contribution in [0.15, 0.2) is 0 Å². The van der Waals surface area contributed by atoms with Gasteiger partial charge in [-0.15, -0.1) is 12.4 Å². The Bertz CT molecular complexity index is 87.9. The quantitative estimate of drug-likeness (QED) is 0.499. The van der Waals surface area contributed by atoms with Crippen molar-refractivity contribution in [2.24, 2.45) is 5.73 Å². The monoisotopic (exact) mass is 155 g/mol. The van der Waals surface area contributed by atoms with Gasteiger partial charge in [-0.3, -0.25) is 4.79 Å². The van der Waals surface area contributed by atoms with Gasteiger partial charge in [-0.05, 0) is 0 Å². The summed E-state index contributed by atoms with van der Waals surface area (Å²) >= 11 is 0. The van der Waals surface area contributed by atoms with E-state index in [1.54, 1.807) is 0 Å².